The molecule has 2 aromatic carbocycles. The topological polar surface area (TPSA) is 76.4 Å². The molecule has 0 aliphatic carbocycles. The molecule has 0 fully saturated rings. The van der Waals surface area contributed by atoms with Gasteiger partial charge in [0.15, 0.2) is 0 Å². The zero-order chi connectivity index (χ0) is 19.7. The van der Waals surface area contributed by atoms with Crippen LogP contribution in [0, 0.1) is 17.2 Å². The van der Waals surface area contributed by atoms with Crippen LogP contribution < -0.4 is 0 Å². The van der Waals surface area contributed by atoms with Crippen molar-refractivity contribution in [2.75, 3.05) is 14.2 Å². The molecule has 0 amide bonds. The summed E-state index contributed by atoms with van der Waals surface area (Å²) in [5.74, 6) is -1.45. The van der Waals surface area contributed by atoms with Crippen molar-refractivity contribution in [2.24, 2.45) is 5.92 Å². The summed E-state index contributed by atoms with van der Waals surface area (Å²) in [6, 6.07) is 20.7. The van der Waals surface area contributed by atoms with Gasteiger partial charge in [-0.2, -0.15) is 5.26 Å². The molecule has 0 heterocycles. The molecule has 5 heteroatoms. The predicted octanol–water partition coefficient (Wildman–Crippen LogP) is 3.63. The smallest absolute Gasteiger partial charge is 0.320 e. The lowest BCUT2D eigenvalue weighted by Crippen LogP contribution is -2.39. The van der Waals surface area contributed by atoms with Crippen molar-refractivity contribution >= 4 is 11.9 Å². The summed E-state index contributed by atoms with van der Waals surface area (Å²) in [5, 5.41) is 9.05. The molecular formula is C22H23NO4. The Kier molecular flexibility index (Phi) is 7.13. The predicted molar refractivity (Wildman–Crippen MR) is 101 cm³/mol. The van der Waals surface area contributed by atoms with E-state index in [1.807, 2.05) is 66.7 Å². The summed E-state index contributed by atoms with van der Waals surface area (Å²) < 4.78 is 10.0. The van der Waals surface area contributed by atoms with Crippen molar-refractivity contribution in [3.63, 3.8) is 0 Å². The van der Waals surface area contributed by atoms with Crippen LogP contribution in [-0.2, 0) is 24.5 Å². The number of esters is 2. The molecule has 0 saturated heterocycles. The van der Waals surface area contributed by atoms with Crippen LogP contribution >= 0.6 is 0 Å². The molecule has 0 saturated carbocycles. The first-order chi connectivity index (χ1) is 13.1. The van der Waals surface area contributed by atoms with Gasteiger partial charge in [0.25, 0.3) is 0 Å². The quantitative estimate of drug-likeness (QED) is 0.668. The van der Waals surface area contributed by atoms with Gasteiger partial charge in [-0.05, 0) is 24.0 Å². The molecule has 1 unspecified atom stereocenters. The molecule has 0 bridgehead atoms. The number of rotatable bonds is 8. The van der Waals surface area contributed by atoms with Crippen molar-refractivity contribution in [3.05, 3.63) is 71.8 Å². The normalized spacial score (nSPS) is 11.9. The number of methoxy groups -OCH3 is 2. The van der Waals surface area contributed by atoms with Gasteiger partial charge in [-0.1, -0.05) is 60.7 Å². The maximum Gasteiger partial charge on any atom is 0.320 e. The fourth-order valence-corrected chi connectivity index (χ4v) is 3.38. The van der Waals surface area contributed by atoms with E-state index >= 15 is 0 Å². The molecule has 0 N–H and O–H groups in total. The van der Waals surface area contributed by atoms with Gasteiger partial charge in [-0.3, -0.25) is 9.59 Å². The molecule has 0 spiro atoms. The number of carbonyl (C=O) groups excluding carboxylic acids is 2. The third-order valence-corrected chi connectivity index (χ3v) is 4.81. The third kappa shape index (κ3) is 4.35. The first-order valence-corrected chi connectivity index (χ1v) is 8.74. The summed E-state index contributed by atoms with van der Waals surface area (Å²) in [6.07, 6.45) is 0.668. The zero-order valence-electron chi connectivity index (χ0n) is 15.6. The lowest BCUT2D eigenvalue weighted by atomic mass is 9.70. The van der Waals surface area contributed by atoms with Gasteiger partial charge < -0.3 is 9.47 Å². The Morgan fingerprint density at radius 1 is 0.963 bits per heavy atom. The molecule has 2 rings (SSSR count). The van der Waals surface area contributed by atoms with E-state index in [1.165, 1.54) is 14.2 Å². The monoisotopic (exact) mass is 365 g/mol. The number of ether oxygens (including phenoxy) is 2. The van der Waals surface area contributed by atoms with Crippen molar-refractivity contribution in [2.45, 2.75) is 24.7 Å². The number of nitriles is 1. The summed E-state index contributed by atoms with van der Waals surface area (Å²) in [4.78, 5) is 25.1. The molecule has 27 heavy (non-hydrogen) atoms. The maximum atomic E-state index is 13.0. The van der Waals surface area contributed by atoms with Crippen LogP contribution in [0.1, 0.15) is 30.4 Å². The summed E-state index contributed by atoms with van der Waals surface area (Å²) in [7, 11) is 2.66. The van der Waals surface area contributed by atoms with Gasteiger partial charge in [0.2, 0.25) is 0 Å². The van der Waals surface area contributed by atoms with E-state index < -0.39 is 23.3 Å². The van der Waals surface area contributed by atoms with Gasteiger partial charge in [0.1, 0.15) is 5.41 Å². The number of hydrogen-bond donors (Lipinski definition) is 0. The Morgan fingerprint density at radius 2 is 1.48 bits per heavy atom. The SMILES string of the molecule is COC(=O)C(CC#N)CCC(C(=O)OC)(c1ccccc1)c1ccccc1. The molecule has 0 aliphatic rings. The van der Waals surface area contributed by atoms with E-state index in [0.717, 1.165) is 11.1 Å². The van der Waals surface area contributed by atoms with Crippen LogP contribution in [0.3, 0.4) is 0 Å². The van der Waals surface area contributed by atoms with Crippen molar-refractivity contribution in [3.8, 4) is 6.07 Å². The minimum atomic E-state index is -1.07. The Morgan fingerprint density at radius 3 is 1.89 bits per heavy atom. The van der Waals surface area contributed by atoms with E-state index in [1.54, 1.807) is 0 Å². The highest BCUT2D eigenvalue weighted by Gasteiger charge is 2.43. The fraction of sp³-hybridized carbons (Fsp3) is 0.318. The highest BCUT2D eigenvalue weighted by Crippen LogP contribution is 2.39. The van der Waals surface area contributed by atoms with Crippen LogP contribution in [0.4, 0.5) is 0 Å². The van der Waals surface area contributed by atoms with Crippen molar-refractivity contribution in [1.29, 1.82) is 5.26 Å². The number of benzene rings is 2. The molecule has 0 aliphatic heterocycles. The third-order valence-electron chi connectivity index (χ3n) is 4.81. The average molecular weight is 365 g/mol. The van der Waals surface area contributed by atoms with Gasteiger partial charge in [0, 0.05) is 6.42 Å². The van der Waals surface area contributed by atoms with Gasteiger partial charge in [-0.15, -0.1) is 0 Å². The lowest BCUT2D eigenvalue weighted by molar-refractivity contribution is -0.149. The fourth-order valence-electron chi connectivity index (χ4n) is 3.38. The van der Waals surface area contributed by atoms with E-state index in [-0.39, 0.29) is 6.42 Å². The Hall–Kier alpha value is -3.13. The van der Waals surface area contributed by atoms with E-state index in [0.29, 0.717) is 12.8 Å². The molecule has 0 aromatic heterocycles. The second-order valence-electron chi connectivity index (χ2n) is 6.25. The van der Waals surface area contributed by atoms with E-state index in [4.69, 9.17) is 14.7 Å². The zero-order valence-corrected chi connectivity index (χ0v) is 15.6. The van der Waals surface area contributed by atoms with Gasteiger partial charge >= 0.3 is 11.9 Å². The van der Waals surface area contributed by atoms with Gasteiger partial charge in [-0.25, -0.2) is 0 Å². The molecule has 1 atom stereocenters. The lowest BCUT2D eigenvalue weighted by Gasteiger charge is -2.33. The maximum absolute atomic E-state index is 13.0. The molecule has 140 valence electrons. The highest BCUT2D eigenvalue weighted by atomic mass is 16.5. The van der Waals surface area contributed by atoms with Crippen LogP contribution in [-0.4, -0.2) is 26.2 Å². The second kappa shape index (κ2) is 9.54. The van der Waals surface area contributed by atoms with Crippen molar-refractivity contribution < 1.29 is 19.1 Å². The largest absolute Gasteiger partial charge is 0.469 e. The molecular weight excluding hydrogens is 342 g/mol. The highest BCUT2D eigenvalue weighted by molar-refractivity contribution is 5.87. The van der Waals surface area contributed by atoms with E-state index in [2.05, 4.69) is 0 Å². The first-order valence-electron chi connectivity index (χ1n) is 8.74. The minimum absolute atomic E-state index is 0.0352. The summed E-state index contributed by atoms with van der Waals surface area (Å²) >= 11 is 0. The van der Waals surface area contributed by atoms with Gasteiger partial charge in [0.05, 0.1) is 26.2 Å². The summed E-state index contributed by atoms with van der Waals surface area (Å²) in [5.41, 5.74) is 0.492. The standard InChI is InChI=1S/C22H23NO4/c1-26-20(24)17(14-16-23)13-15-22(21(25)27-2,18-9-5-3-6-10-18)19-11-7-4-8-12-19/h3-12,17H,13-15H2,1-2H3. The Bertz CT molecular complexity index is 757. The van der Waals surface area contributed by atoms with Crippen LogP contribution in [0.5, 0.6) is 0 Å². The first kappa shape index (κ1) is 20.2. The van der Waals surface area contributed by atoms with Crippen LogP contribution in [0.25, 0.3) is 0 Å². The number of carbonyl (C=O) groups is 2. The Labute approximate surface area is 159 Å². The second-order valence-corrected chi connectivity index (χ2v) is 6.25. The molecule has 0 radical (unpaired) electrons. The minimum Gasteiger partial charge on any atom is -0.469 e. The van der Waals surface area contributed by atoms with Crippen LogP contribution in [0.15, 0.2) is 60.7 Å². The van der Waals surface area contributed by atoms with Crippen LogP contribution in [0.2, 0.25) is 0 Å². The van der Waals surface area contributed by atoms with Crippen molar-refractivity contribution in [1.82, 2.24) is 0 Å². The molecule has 2 aromatic rings. The Balaban J connectivity index is 2.53. The number of hydrogen-bond acceptors (Lipinski definition) is 5. The summed E-state index contributed by atoms with van der Waals surface area (Å²) in [6.45, 7) is 0. The van der Waals surface area contributed by atoms with E-state index in [9.17, 15) is 9.59 Å². The average Bonchev–Trinajstić information content (AvgIpc) is 2.74. The molecule has 5 nitrogen and oxygen atoms in total. The number of nitrogens with zero attached hydrogens (tertiary/aromatic N) is 1.